The lowest BCUT2D eigenvalue weighted by Crippen LogP contribution is -2.52. The van der Waals surface area contributed by atoms with Crippen molar-refractivity contribution in [3.05, 3.63) is 35.9 Å². The summed E-state index contributed by atoms with van der Waals surface area (Å²) in [5.41, 5.74) is 1.07. The minimum atomic E-state index is -0.725. The van der Waals surface area contributed by atoms with Crippen molar-refractivity contribution in [2.45, 2.75) is 57.6 Å². The number of nitrogens with zero attached hydrogens (tertiary/aromatic N) is 2. The molecule has 1 aliphatic heterocycles. The molecule has 142 valence electrons. The molecule has 0 bridgehead atoms. The number of likely N-dealkylation sites (N-methyl/N-ethyl adjacent to an activating group) is 1. The van der Waals surface area contributed by atoms with Gasteiger partial charge in [-0.25, -0.2) is 0 Å². The van der Waals surface area contributed by atoms with E-state index in [1.54, 1.807) is 0 Å². The Bertz CT molecular complexity index is 605. The summed E-state index contributed by atoms with van der Waals surface area (Å²) in [4.78, 5) is 28.4. The predicted octanol–water partition coefficient (Wildman–Crippen LogP) is 2.58. The number of aliphatic hydroxyl groups excluding tert-OH is 1. The number of hydrogen-bond donors (Lipinski definition) is 1. The first-order valence-electron chi connectivity index (χ1n) is 9.71. The molecule has 1 spiro atoms. The summed E-state index contributed by atoms with van der Waals surface area (Å²) in [7, 11) is 1.94. The van der Waals surface area contributed by atoms with Crippen LogP contribution in [0.15, 0.2) is 30.3 Å². The Labute approximate surface area is 156 Å². The van der Waals surface area contributed by atoms with Crippen molar-refractivity contribution in [1.82, 2.24) is 9.80 Å². The maximum Gasteiger partial charge on any atom is 0.229 e. The lowest BCUT2D eigenvalue weighted by molar-refractivity contribution is -0.156. The molecule has 2 fully saturated rings. The van der Waals surface area contributed by atoms with Crippen LogP contribution in [-0.2, 0) is 16.1 Å². The Morgan fingerprint density at radius 2 is 1.69 bits per heavy atom. The molecule has 2 amide bonds. The van der Waals surface area contributed by atoms with Crippen LogP contribution in [0.5, 0.6) is 0 Å². The van der Waals surface area contributed by atoms with Crippen LogP contribution in [0.25, 0.3) is 0 Å². The minimum absolute atomic E-state index is 0.0992. The number of β-amino-alcohol motifs (C(OH)–C–C–N with tert-alkyl or cyclic N) is 1. The van der Waals surface area contributed by atoms with E-state index >= 15 is 0 Å². The zero-order chi connectivity index (χ0) is 18.6. The molecule has 1 unspecified atom stereocenters. The molecule has 2 aliphatic rings. The van der Waals surface area contributed by atoms with E-state index in [0.717, 1.165) is 32.2 Å². The van der Waals surface area contributed by atoms with Crippen LogP contribution in [0.4, 0.5) is 0 Å². The summed E-state index contributed by atoms with van der Waals surface area (Å²) in [5, 5.41) is 10.4. The molecule has 0 radical (unpaired) electrons. The SMILES string of the molecule is CN(Cc1ccccc1)CC(O)CN1C(=O)CC2(CCCCC2)CC1=O. The summed E-state index contributed by atoms with van der Waals surface area (Å²) in [5.74, 6) is -0.208. The molecule has 1 aromatic carbocycles. The number of hydrogen-bond acceptors (Lipinski definition) is 4. The molecule has 1 aromatic rings. The van der Waals surface area contributed by atoms with Crippen LogP contribution in [0.3, 0.4) is 0 Å². The number of likely N-dealkylation sites (tertiary alicyclic amines) is 1. The van der Waals surface area contributed by atoms with Crippen molar-refractivity contribution in [3.63, 3.8) is 0 Å². The molecule has 1 aliphatic carbocycles. The molecule has 26 heavy (non-hydrogen) atoms. The molecule has 5 heteroatoms. The first-order chi connectivity index (χ1) is 12.5. The molecule has 1 N–H and O–H groups in total. The summed E-state index contributed by atoms with van der Waals surface area (Å²) < 4.78 is 0. The van der Waals surface area contributed by atoms with E-state index in [9.17, 15) is 14.7 Å². The highest BCUT2D eigenvalue weighted by atomic mass is 16.3. The fraction of sp³-hybridized carbons (Fsp3) is 0.619. The van der Waals surface area contributed by atoms with Gasteiger partial charge in [0.05, 0.1) is 12.6 Å². The van der Waals surface area contributed by atoms with E-state index in [-0.39, 0.29) is 23.8 Å². The summed E-state index contributed by atoms with van der Waals surface area (Å²) in [6.45, 7) is 1.26. The monoisotopic (exact) mass is 358 g/mol. The normalized spacial score (nSPS) is 21.4. The fourth-order valence-corrected chi connectivity index (χ4v) is 4.48. The van der Waals surface area contributed by atoms with Crippen LogP contribution in [-0.4, -0.2) is 53.0 Å². The lowest BCUT2D eigenvalue weighted by Gasteiger charge is -2.42. The van der Waals surface area contributed by atoms with Gasteiger partial charge in [-0.1, -0.05) is 49.6 Å². The van der Waals surface area contributed by atoms with Gasteiger partial charge in [-0.05, 0) is 30.9 Å². The van der Waals surface area contributed by atoms with Gasteiger partial charge in [0.1, 0.15) is 0 Å². The molecular formula is C21H30N2O3. The van der Waals surface area contributed by atoms with E-state index in [4.69, 9.17) is 0 Å². The molecular weight excluding hydrogens is 328 g/mol. The highest BCUT2D eigenvalue weighted by Crippen LogP contribution is 2.45. The molecule has 1 heterocycles. The van der Waals surface area contributed by atoms with Crippen molar-refractivity contribution in [2.75, 3.05) is 20.1 Å². The third-order valence-corrected chi connectivity index (χ3v) is 5.78. The summed E-state index contributed by atoms with van der Waals surface area (Å²) in [6, 6.07) is 10.1. The second kappa shape index (κ2) is 8.31. The highest BCUT2D eigenvalue weighted by Gasteiger charge is 2.44. The topological polar surface area (TPSA) is 60.9 Å². The van der Waals surface area contributed by atoms with Crippen LogP contribution >= 0.6 is 0 Å². The smallest absolute Gasteiger partial charge is 0.229 e. The standard InChI is InChI=1S/C21H30N2O3/c1-22(14-17-8-4-2-5-9-17)15-18(24)16-23-19(25)12-21(13-20(23)26)10-6-3-7-11-21/h2,4-5,8-9,18,24H,3,6-7,10-16H2,1H3. The third kappa shape index (κ3) is 4.71. The number of piperidine rings is 1. The van der Waals surface area contributed by atoms with Crippen molar-refractivity contribution in [1.29, 1.82) is 0 Å². The first kappa shape index (κ1) is 19.1. The van der Waals surface area contributed by atoms with Gasteiger partial charge in [-0.3, -0.25) is 19.4 Å². The van der Waals surface area contributed by atoms with Gasteiger partial charge in [0.2, 0.25) is 11.8 Å². The van der Waals surface area contributed by atoms with Gasteiger partial charge in [0.15, 0.2) is 0 Å². The number of rotatable bonds is 6. The molecule has 1 saturated heterocycles. The van der Waals surface area contributed by atoms with Gasteiger partial charge >= 0.3 is 0 Å². The van der Waals surface area contributed by atoms with Gasteiger partial charge < -0.3 is 5.11 Å². The second-order valence-corrected chi connectivity index (χ2v) is 8.15. The fourth-order valence-electron chi connectivity index (χ4n) is 4.48. The van der Waals surface area contributed by atoms with Crippen LogP contribution in [0.1, 0.15) is 50.5 Å². The number of carbonyl (C=O) groups is 2. The Kier molecular flexibility index (Phi) is 6.09. The Morgan fingerprint density at radius 3 is 2.31 bits per heavy atom. The Hall–Kier alpha value is -1.72. The quantitative estimate of drug-likeness (QED) is 0.794. The first-order valence-corrected chi connectivity index (χ1v) is 9.71. The highest BCUT2D eigenvalue weighted by molar-refractivity contribution is 5.98. The van der Waals surface area contributed by atoms with E-state index in [0.29, 0.717) is 19.4 Å². The minimum Gasteiger partial charge on any atom is -0.390 e. The molecule has 0 aromatic heterocycles. The van der Waals surface area contributed by atoms with Crippen LogP contribution in [0.2, 0.25) is 0 Å². The van der Waals surface area contributed by atoms with Crippen LogP contribution < -0.4 is 0 Å². The van der Waals surface area contributed by atoms with Crippen LogP contribution in [0, 0.1) is 5.41 Å². The van der Waals surface area contributed by atoms with Gasteiger partial charge in [0.25, 0.3) is 0 Å². The third-order valence-electron chi connectivity index (χ3n) is 5.78. The molecule has 1 saturated carbocycles. The van der Waals surface area contributed by atoms with Gasteiger partial charge in [0, 0.05) is 25.9 Å². The number of carbonyl (C=O) groups excluding carboxylic acids is 2. The maximum atomic E-state index is 12.6. The number of imide groups is 1. The van der Waals surface area contributed by atoms with E-state index < -0.39 is 6.10 Å². The number of benzene rings is 1. The van der Waals surface area contributed by atoms with Crippen molar-refractivity contribution in [3.8, 4) is 0 Å². The average Bonchev–Trinajstić information content (AvgIpc) is 2.59. The molecule has 5 nitrogen and oxygen atoms in total. The largest absolute Gasteiger partial charge is 0.390 e. The number of amides is 2. The van der Waals surface area contributed by atoms with E-state index in [1.807, 2.05) is 42.3 Å². The van der Waals surface area contributed by atoms with Gasteiger partial charge in [-0.15, -0.1) is 0 Å². The summed E-state index contributed by atoms with van der Waals surface area (Å²) in [6.07, 6.45) is 5.62. The second-order valence-electron chi connectivity index (χ2n) is 8.15. The zero-order valence-electron chi connectivity index (χ0n) is 15.7. The maximum absolute atomic E-state index is 12.6. The van der Waals surface area contributed by atoms with E-state index in [1.165, 1.54) is 16.9 Å². The van der Waals surface area contributed by atoms with Crippen molar-refractivity contribution in [2.24, 2.45) is 5.41 Å². The molecule has 1 atom stereocenters. The summed E-state index contributed by atoms with van der Waals surface area (Å²) >= 11 is 0. The Morgan fingerprint density at radius 1 is 1.08 bits per heavy atom. The molecule has 3 rings (SSSR count). The Balaban J connectivity index is 1.51. The lowest BCUT2D eigenvalue weighted by atomic mass is 9.67. The van der Waals surface area contributed by atoms with Crippen molar-refractivity contribution < 1.29 is 14.7 Å². The predicted molar refractivity (Wildman–Crippen MR) is 100 cm³/mol. The average molecular weight is 358 g/mol. The van der Waals surface area contributed by atoms with E-state index in [2.05, 4.69) is 0 Å². The number of aliphatic hydroxyl groups is 1. The zero-order valence-corrected chi connectivity index (χ0v) is 15.7. The van der Waals surface area contributed by atoms with Crippen molar-refractivity contribution >= 4 is 11.8 Å². The van der Waals surface area contributed by atoms with Gasteiger partial charge in [-0.2, -0.15) is 0 Å².